The second kappa shape index (κ2) is 5.38. The van der Waals surface area contributed by atoms with E-state index in [4.69, 9.17) is 22.1 Å². The molecule has 0 bridgehead atoms. The lowest BCUT2D eigenvalue weighted by Gasteiger charge is -2.17. The van der Waals surface area contributed by atoms with E-state index in [2.05, 4.69) is 13.8 Å². The van der Waals surface area contributed by atoms with Crippen molar-refractivity contribution in [1.82, 2.24) is 0 Å². The van der Waals surface area contributed by atoms with Crippen molar-refractivity contribution in [3.8, 4) is 5.75 Å². The predicted molar refractivity (Wildman–Crippen MR) is 64.4 cm³/mol. The molecule has 1 atom stereocenters. The van der Waals surface area contributed by atoms with E-state index in [1.54, 1.807) is 0 Å². The summed E-state index contributed by atoms with van der Waals surface area (Å²) in [4.78, 5) is 0. The van der Waals surface area contributed by atoms with E-state index in [1.807, 2.05) is 25.1 Å². The molecule has 0 saturated heterocycles. The third kappa shape index (κ3) is 3.11. The molecule has 0 aliphatic heterocycles. The lowest BCUT2D eigenvalue weighted by atomic mass is 9.97. The Kier molecular flexibility index (Phi) is 4.43. The molecule has 15 heavy (non-hydrogen) atoms. The van der Waals surface area contributed by atoms with Crippen LogP contribution in [-0.2, 0) is 0 Å². The third-order valence-corrected chi connectivity index (χ3v) is 2.65. The molecular weight excluding hydrogens is 210 g/mol. The van der Waals surface area contributed by atoms with Crippen LogP contribution in [0.4, 0.5) is 0 Å². The fourth-order valence-electron chi connectivity index (χ4n) is 1.38. The van der Waals surface area contributed by atoms with Crippen LogP contribution in [0, 0.1) is 5.92 Å². The predicted octanol–water partition coefficient (Wildman–Crippen LogP) is 3.39. The first-order chi connectivity index (χ1) is 7.06. The maximum absolute atomic E-state index is 6.08. The molecule has 0 fully saturated rings. The largest absolute Gasteiger partial charge is 0.492 e. The summed E-state index contributed by atoms with van der Waals surface area (Å²) in [6.07, 6.45) is 0. The van der Waals surface area contributed by atoms with E-state index in [-0.39, 0.29) is 6.04 Å². The van der Waals surface area contributed by atoms with Gasteiger partial charge < -0.3 is 10.5 Å². The molecule has 0 heterocycles. The maximum Gasteiger partial charge on any atom is 0.137 e. The molecule has 0 amide bonds. The summed E-state index contributed by atoms with van der Waals surface area (Å²) in [5, 5.41) is 0.630. The first-order valence-electron chi connectivity index (χ1n) is 5.24. The van der Waals surface area contributed by atoms with E-state index < -0.39 is 0 Å². The van der Waals surface area contributed by atoms with Crippen LogP contribution in [0.25, 0.3) is 0 Å². The normalized spacial score (nSPS) is 12.9. The van der Waals surface area contributed by atoms with Crippen LogP contribution < -0.4 is 10.5 Å². The number of benzene rings is 1. The lowest BCUT2D eigenvalue weighted by Crippen LogP contribution is -2.16. The second-order valence-electron chi connectivity index (χ2n) is 3.89. The van der Waals surface area contributed by atoms with Gasteiger partial charge in [0.25, 0.3) is 0 Å². The molecule has 84 valence electrons. The fourth-order valence-corrected chi connectivity index (χ4v) is 1.63. The molecule has 0 aromatic heterocycles. The Hall–Kier alpha value is -0.730. The van der Waals surface area contributed by atoms with Gasteiger partial charge in [-0.3, -0.25) is 0 Å². The Morgan fingerprint density at radius 3 is 2.53 bits per heavy atom. The van der Waals surface area contributed by atoms with Crippen LogP contribution in [0.3, 0.4) is 0 Å². The zero-order valence-corrected chi connectivity index (χ0v) is 10.2. The smallest absolute Gasteiger partial charge is 0.137 e. The first kappa shape index (κ1) is 12.3. The van der Waals surface area contributed by atoms with E-state index in [1.165, 1.54) is 0 Å². The molecule has 2 nitrogen and oxygen atoms in total. The molecular formula is C12H18ClNO. The van der Waals surface area contributed by atoms with E-state index in [0.29, 0.717) is 17.5 Å². The number of nitrogens with two attached hydrogens (primary N) is 1. The van der Waals surface area contributed by atoms with Gasteiger partial charge >= 0.3 is 0 Å². The zero-order valence-electron chi connectivity index (χ0n) is 9.46. The van der Waals surface area contributed by atoms with Crippen molar-refractivity contribution in [2.45, 2.75) is 26.8 Å². The topological polar surface area (TPSA) is 35.2 Å². The highest BCUT2D eigenvalue weighted by Gasteiger charge is 2.12. The molecule has 0 aliphatic carbocycles. The minimum atomic E-state index is 0.0261. The van der Waals surface area contributed by atoms with E-state index >= 15 is 0 Å². The average Bonchev–Trinajstić information content (AvgIpc) is 2.20. The van der Waals surface area contributed by atoms with E-state index in [9.17, 15) is 0 Å². The SMILES string of the molecule is CCOc1ccc([C@H](N)C(C)C)cc1Cl. The minimum absolute atomic E-state index is 0.0261. The molecule has 0 unspecified atom stereocenters. The molecule has 2 N–H and O–H groups in total. The Labute approximate surface area is 96.4 Å². The Bertz CT molecular complexity index is 325. The molecule has 1 aromatic carbocycles. The molecule has 0 aliphatic rings. The second-order valence-corrected chi connectivity index (χ2v) is 4.30. The highest BCUT2D eigenvalue weighted by Crippen LogP contribution is 2.29. The summed E-state index contributed by atoms with van der Waals surface area (Å²) in [7, 11) is 0. The molecule has 3 heteroatoms. The van der Waals surface area contributed by atoms with Crippen molar-refractivity contribution in [3.63, 3.8) is 0 Å². The first-order valence-corrected chi connectivity index (χ1v) is 5.61. The molecule has 1 aromatic rings. The summed E-state index contributed by atoms with van der Waals surface area (Å²) in [5.74, 6) is 1.12. The van der Waals surface area contributed by atoms with Crippen LogP contribution in [0.15, 0.2) is 18.2 Å². The fraction of sp³-hybridized carbons (Fsp3) is 0.500. The van der Waals surface area contributed by atoms with Gasteiger partial charge in [-0.05, 0) is 30.5 Å². The van der Waals surface area contributed by atoms with Gasteiger partial charge in [-0.25, -0.2) is 0 Å². The summed E-state index contributed by atoms with van der Waals surface area (Å²) in [6, 6.07) is 5.76. The van der Waals surface area contributed by atoms with Crippen LogP contribution in [0.1, 0.15) is 32.4 Å². The Balaban J connectivity index is 2.90. The van der Waals surface area contributed by atoms with Gasteiger partial charge in [-0.2, -0.15) is 0 Å². The highest BCUT2D eigenvalue weighted by molar-refractivity contribution is 6.32. The van der Waals surface area contributed by atoms with Gasteiger partial charge in [0.2, 0.25) is 0 Å². The van der Waals surface area contributed by atoms with Crippen molar-refractivity contribution in [1.29, 1.82) is 0 Å². The van der Waals surface area contributed by atoms with Crippen molar-refractivity contribution < 1.29 is 4.74 Å². The van der Waals surface area contributed by atoms with Gasteiger partial charge in [0.05, 0.1) is 11.6 Å². The zero-order chi connectivity index (χ0) is 11.4. The third-order valence-electron chi connectivity index (χ3n) is 2.36. The summed E-state index contributed by atoms with van der Waals surface area (Å²) in [5.41, 5.74) is 7.09. The standard InChI is InChI=1S/C12H18ClNO/c1-4-15-11-6-5-9(7-10(11)13)12(14)8(2)3/h5-8,12H,4,14H2,1-3H3/t12-/m1/s1. The van der Waals surface area contributed by atoms with Gasteiger partial charge in [0.1, 0.15) is 5.75 Å². The molecule has 0 spiro atoms. The summed E-state index contributed by atoms with van der Waals surface area (Å²) < 4.78 is 5.36. The van der Waals surface area contributed by atoms with Crippen molar-refractivity contribution in [3.05, 3.63) is 28.8 Å². The molecule has 0 saturated carbocycles. The lowest BCUT2D eigenvalue weighted by molar-refractivity contribution is 0.340. The van der Waals surface area contributed by atoms with Gasteiger partial charge in [-0.1, -0.05) is 31.5 Å². The Morgan fingerprint density at radius 1 is 1.40 bits per heavy atom. The molecule has 0 radical (unpaired) electrons. The van der Waals surface area contributed by atoms with Crippen LogP contribution in [-0.4, -0.2) is 6.61 Å². The van der Waals surface area contributed by atoms with Crippen LogP contribution >= 0.6 is 11.6 Å². The monoisotopic (exact) mass is 227 g/mol. The van der Waals surface area contributed by atoms with Gasteiger partial charge in [-0.15, -0.1) is 0 Å². The van der Waals surface area contributed by atoms with E-state index in [0.717, 1.165) is 11.3 Å². The van der Waals surface area contributed by atoms with Gasteiger partial charge in [0.15, 0.2) is 0 Å². The van der Waals surface area contributed by atoms with Crippen molar-refractivity contribution >= 4 is 11.6 Å². The highest BCUT2D eigenvalue weighted by atomic mass is 35.5. The average molecular weight is 228 g/mol. The van der Waals surface area contributed by atoms with Gasteiger partial charge in [0, 0.05) is 6.04 Å². The summed E-state index contributed by atoms with van der Waals surface area (Å²) in [6.45, 7) is 6.74. The number of ether oxygens (including phenoxy) is 1. The quantitative estimate of drug-likeness (QED) is 0.856. The minimum Gasteiger partial charge on any atom is -0.492 e. The molecule has 1 rings (SSSR count). The summed E-state index contributed by atoms with van der Waals surface area (Å²) >= 11 is 6.08. The van der Waals surface area contributed by atoms with Crippen molar-refractivity contribution in [2.24, 2.45) is 11.7 Å². The number of halogens is 1. The van der Waals surface area contributed by atoms with Crippen LogP contribution in [0.2, 0.25) is 5.02 Å². The maximum atomic E-state index is 6.08. The number of hydrogen-bond donors (Lipinski definition) is 1. The number of hydrogen-bond acceptors (Lipinski definition) is 2. The Morgan fingerprint density at radius 2 is 2.07 bits per heavy atom. The van der Waals surface area contributed by atoms with Crippen LogP contribution in [0.5, 0.6) is 5.75 Å². The number of rotatable bonds is 4. The van der Waals surface area contributed by atoms with Crippen molar-refractivity contribution in [2.75, 3.05) is 6.61 Å².